The second-order valence-corrected chi connectivity index (χ2v) is 4.68. The number of nitrogens with zero attached hydrogens (tertiary/aromatic N) is 1. The van der Waals surface area contributed by atoms with Gasteiger partial charge in [0.1, 0.15) is 11.6 Å². The molecule has 0 saturated heterocycles. The van der Waals surface area contributed by atoms with E-state index in [-0.39, 0.29) is 11.8 Å². The highest BCUT2D eigenvalue weighted by molar-refractivity contribution is 5.90. The summed E-state index contributed by atoms with van der Waals surface area (Å²) in [7, 11) is 0. The Morgan fingerprint density at radius 2 is 2.00 bits per heavy atom. The van der Waals surface area contributed by atoms with Crippen molar-refractivity contribution in [1.29, 1.82) is 0 Å². The molecule has 0 aliphatic heterocycles. The first kappa shape index (κ1) is 14.0. The van der Waals surface area contributed by atoms with Crippen LogP contribution in [-0.4, -0.2) is 10.9 Å². The fraction of sp³-hybridized carbons (Fsp3) is 0.200. The van der Waals surface area contributed by atoms with E-state index in [0.29, 0.717) is 17.9 Å². The number of benzene rings is 1. The van der Waals surface area contributed by atoms with Gasteiger partial charge in [-0.25, -0.2) is 9.37 Å². The van der Waals surface area contributed by atoms with Crippen molar-refractivity contribution in [3.8, 4) is 0 Å². The number of nitrogens with one attached hydrogen (secondary N) is 1. The van der Waals surface area contributed by atoms with Crippen molar-refractivity contribution in [1.82, 2.24) is 4.98 Å². The SMILES string of the molecule is CC(CC(=O)Nc1ccc(F)cn1)c1ccc(N)cc1. The van der Waals surface area contributed by atoms with Gasteiger partial charge in [0.2, 0.25) is 5.91 Å². The molecule has 20 heavy (non-hydrogen) atoms. The van der Waals surface area contributed by atoms with Crippen LogP contribution in [0.15, 0.2) is 42.6 Å². The average molecular weight is 273 g/mol. The minimum Gasteiger partial charge on any atom is -0.399 e. The van der Waals surface area contributed by atoms with Crippen LogP contribution >= 0.6 is 0 Å². The third-order valence-electron chi connectivity index (χ3n) is 2.99. The molecule has 0 saturated carbocycles. The van der Waals surface area contributed by atoms with Crippen LogP contribution in [0.2, 0.25) is 0 Å². The number of pyridine rings is 1. The number of rotatable bonds is 4. The molecule has 0 spiro atoms. The Morgan fingerprint density at radius 3 is 2.60 bits per heavy atom. The highest BCUT2D eigenvalue weighted by atomic mass is 19.1. The Morgan fingerprint density at radius 1 is 1.30 bits per heavy atom. The fourth-order valence-electron chi connectivity index (χ4n) is 1.86. The number of hydrogen-bond donors (Lipinski definition) is 2. The van der Waals surface area contributed by atoms with Crippen LogP contribution in [0.1, 0.15) is 24.8 Å². The summed E-state index contributed by atoms with van der Waals surface area (Å²) in [6.45, 7) is 1.96. The standard InChI is InChI=1S/C15H16FN3O/c1-10(11-2-5-13(17)6-3-11)8-15(20)19-14-7-4-12(16)9-18-14/h2-7,9-10H,8,17H2,1H3,(H,18,19,20). The van der Waals surface area contributed by atoms with Gasteiger partial charge in [-0.15, -0.1) is 0 Å². The number of carbonyl (C=O) groups excluding carboxylic acids is 1. The van der Waals surface area contributed by atoms with E-state index >= 15 is 0 Å². The number of hydrogen-bond acceptors (Lipinski definition) is 3. The Bertz CT molecular complexity index is 581. The number of amides is 1. The first-order chi connectivity index (χ1) is 9.54. The average Bonchev–Trinajstić information content (AvgIpc) is 2.42. The van der Waals surface area contributed by atoms with Gasteiger partial charge in [0.05, 0.1) is 6.20 Å². The number of nitrogen functional groups attached to an aromatic ring is 1. The van der Waals surface area contributed by atoms with Gasteiger partial charge >= 0.3 is 0 Å². The molecule has 104 valence electrons. The topological polar surface area (TPSA) is 68.0 Å². The van der Waals surface area contributed by atoms with Gasteiger partial charge in [-0.1, -0.05) is 19.1 Å². The van der Waals surface area contributed by atoms with E-state index in [4.69, 9.17) is 5.73 Å². The molecule has 0 aliphatic carbocycles. The maximum atomic E-state index is 12.7. The molecule has 1 amide bonds. The predicted octanol–water partition coefficient (Wildman–Crippen LogP) is 2.94. The number of carbonyl (C=O) groups is 1. The van der Waals surface area contributed by atoms with Gasteiger partial charge in [0.25, 0.3) is 0 Å². The van der Waals surface area contributed by atoms with Crippen LogP contribution < -0.4 is 11.1 Å². The molecular weight excluding hydrogens is 257 g/mol. The molecule has 1 unspecified atom stereocenters. The summed E-state index contributed by atoms with van der Waals surface area (Å²) in [6.07, 6.45) is 1.39. The number of nitrogens with two attached hydrogens (primary N) is 1. The van der Waals surface area contributed by atoms with E-state index in [2.05, 4.69) is 10.3 Å². The maximum absolute atomic E-state index is 12.7. The highest BCUT2D eigenvalue weighted by Gasteiger charge is 2.11. The van der Waals surface area contributed by atoms with Crippen molar-refractivity contribution < 1.29 is 9.18 Å². The predicted molar refractivity (Wildman–Crippen MR) is 76.7 cm³/mol. The van der Waals surface area contributed by atoms with Crippen molar-refractivity contribution in [3.63, 3.8) is 0 Å². The van der Waals surface area contributed by atoms with E-state index in [1.807, 2.05) is 31.2 Å². The van der Waals surface area contributed by atoms with E-state index in [9.17, 15) is 9.18 Å². The summed E-state index contributed by atoms with van der Waals surface area (Å²) in [5.74, 6) is -0.177. The lowest BCUT2D eigenvalue weighted by atomic mass is 9.97. The van der Waals surface area contributed by atoms with Gasteiger partial charge < -0.3 is 11.1 Å². The molecule has 4 nitrogen and oxygen atoms in total. The minimum absolute atomic E-state index is 0.0658. The number of halogens is 1. The molecule has 2 aromatic rings. The zero-order chi connectivity index (χ0) is 14.5. The normalized spacial score (nSPS) is 11.9. The van der Waals surface area contributed by atoms with Crippen LogP contribution in [0.4, 0.5) is 15.9 Å². The third kappa shape index (κ3) is 3.78. The summed E-state index contributed by atoms with van der Waals surface area (Å²) in [5, 5.41) is 2.64. The first-order valence-electron chi connectivity index (χ1n) is 6.31. The van der Waals surface area contributed by atoms with Crippen molar-refractivity contribution >= 4 is 17.4 Å². The summed E-state index contributed by atoms with van der Waals surface area (Å²) in [6, 6.07) is 10.1. The second kappa shape index (κ2) is 6.14. The summed E-state index contributed by atoms with van der Waals surface area (Å²) in [5.41, 5.74) is 7.36. The summed E-state index contributed by atoms with van der Waals surface area (Å²) >= 11 is 0. The van der Waals surface area contributed by atoms with Crippen LogP contribution in [-0.2, 0) is 4.79 Å². The van der Waals surface area contributed by atoms with E-state index in [1.54, 1.807) is 0 Å². The molecule has 0 aliphatic rings. The molecule has 1 atom stereocenters. The van der Waals surface area contributed by atoms with Crippen molar-refractivity contribution in [2.24, 2.45) is 0 Å². The van der Waals surface area contributed by atoms with Crippen LogP contribution in [0.25, 0.3) is 0 Å². The molecule has 1 aromatic heterocycles. The van der Waals surface area contributed by atoms with Crippen molar-refractivity contribution in [2.75, 3.05) is 11.1 Å². The highest BCUT2D eigenvalue weighted by Crippen LogP contribution is 2.20. The van der Waals surface area contributed by atoms with Gasteiger partial charge in [0, 0.05) is 12.1 Å². The van der Waals surface area contributed by atoms with Gasteiger partial charge in [0.15, 0.2) is 0 Å². The lowest BCUT2D eigenvalue weighted by Gasteiger charge is -2.12. The number of aromatic nitrogens is 1. The summed E-state index contributed by atoms with van der Waals surface area (Å²) in [4.78, 5) is 15.7. The largest absolute Gasteiger partial charge is 0.399 e. The molecule has 0 radical (unpaired) electrons. The Labute approximate surface area is 116 Å². The van der Waals surface area contributed by atoms with E-state index < -0.39 is 5.82 Å². The quantitative estimate of drug-likeness (QED) is 0.841. The first-order valence-corrected chi connectivity index (χ1v) is 6.31. The smallest absolute Gasteiger partial charge is 0.226 e. The molecular formula is C15H16FN3O. The monoisotopic (exact) mass is 273 g/mol. The zero-order valence-corrected chi connectivity index (χ0v) is 11.1. The number of anilines is 2. The Kier molecular flexibility index (Phi) is 4.30. The lowest BCUT2D eigenvalue weighted by molar-refractivity contribution is -0.116. The van der Waals surface area contributed by atoms with Gasteiger partial charge in [-0.2, -0.15) is 0 Å². The molecule has 3 N–H and O–H groups in total. The lowest BCUT2D eigenvalue weighted by Crippen LogP contribution is -2.15. The molecule has 5 heteroatoms. The van der Waals surface area contributed by atoms with E-state index in [1.165, 1.54) is 12.1 Å². The second-order valence-electron chi connectivity index (χ2n) is 4.68. The molecule has 2 rings (SSSR count). The minimum atomic E-state index is -0.432. The van der Waals surface area contributed by atoms with Crippen molar-refractivity contribution in [2.45, 2.75) is 19.3 Å². The molecule has 1 heterocycles. The van der Waals surface area contributed by atoms with Gasteiger partial charge in [-0.05, 0) is 35.7 Å². The summed E-state index contributed by atoms with van der Waals surface area (Å²) < 4.78 is 12.7. The molecule has 0 fully saturated rings. The van der Waals surface area contributed by atoms with Gasteiger partial charge in [-0.3, -0.25) is 4.79 Å². The maximum Gasteiger partial charge on any atom is 0.226 e. The Hall–Kier alpha value is -2.43. The van der Waals surface area contributed by atoms with E-state index in [0.717, 1.165) is 11.8 Å². The fourth-order valence-corrected chi connectivity index (χ4v) is 1.86. The molecule has 1 aromatic carbocycles. The third-order valence-corrected chi connectivity index (χ3v) is 2.99. The zero-order valence-electron chi connectivity index (χ0n) is 11.1. The molecule has 0 bridgehead atoms. The van der Waals surface area contributed by atoms with Crippen LogP contribution in [0, 0.1) is 5.82 Å². The Balaban J connectivity index is 1.93. The van der Waals surface area contributed by atoms with Crippen molar-refractivity contribution in [3.05, 3.63) is 54.0 Å². The van der Waals surface area contributed by atoms with Crippen LogP contribution in [0.5, 0.6) is 0 Å². The van der Waals surface area contributed by atoms with Crippen LogP contribution in [0.3, 0.4) is 0 Å².